The van der Waals surface area contributed by atoms with Crippen molar-refractivity contribution in [2.24, 2.45) is 0 Å². The molecule has 0 saturated heterocycles. The molecule has 0 radical (unpaired) electrons. The first-order valence-electron chi connectivity index (χ1n) is 14.7. The van der Waals surface area contributed by atoms with Crippen LogP contribution in [-0.2, 0) is 32.6 Å². The predicted molar refractivity (Wildman–Crippen MR) is 178 cm³/mol. The smallest absolute Gasteiger partial charge is 0.264 e. The summed E-state index contributed by atoms with van der Waals surface area (Å²) in [5, 5.41) is 3.42. The van der Waals surface area contributed by atoms with Crippen LogP contribution in [-0.4, -0.2) is 51.4 Å². The Bertz CT molecular complexity index is 1680. The summed E-state index contributed by atoms with van der Waals surface area (Å²) in [5.41, 5.74) is 2.74. The molecule has 4 rings (SSSR count). The van der Waals surface area contributed by atoms with Gasteiger partial charge in [0.2, 0.25) is 11.8 Å². The fourth-order valence-electron chi connectivity index (χ4n) is 4.87. The first kappa shape index (κ1) is 33.6. The largest absolute Gasteiger partial charge is 0.497 e. The number of nitrogens with one attached hydrogen (secondary N) is 1. The summed E-state index contributed by atoms with van der Waals surface area (Å²) in [5.74, 6) is -0.335. The van der Waals surface area contributed by atoms with E-state index in [2.05, 4.69) is 5.32 Å². The van der Waals surface area contributed by atoms with E-state index < -0.39 is 28.5 Å². The zero-order chi connectivity index (χ0) is 32.4. The Labute approximate surface area is 270 Å². The average molecular weight is 648 g/mol. The van der Waals surface area contributed by atoms with Crippen molar-refractivity contribution < 1.29 is 22.7 Å². The SMILES string of the molecule is CCCNC(=O)[C@H](Cc1ccccc1)N(Cc1cccc(Cl)c1)C(=O)CN(c1ccc(OC)cc1)S(=O)(=O)c1ccc(C)cc1. The van der Waals surface area contributed by atoms with Crippen LogP contribution in [0.3, 0.4) is 0 Å². The molecule has 4 aromatic rings. The lowest BCUT2D eigenvalue weighted by molar-refractivity contribution is -0.140. The average Bonchev–Trinajstić information content (AvgIpc) is 3.04. The Morgan fingerprint density at radius 3 is 2.18 bits per heavy atom. The van der Waals surface area contributed by atoms with E-state index in [0.717, 1.165) is 15.4 Å². The maximum Gasteiger partial charge on any atom is 0.264 e. The lowest BCUT2D eigenvalue weighted by atomic mass is 10.0. The minimum atomic E-state index is -4.19. The molecule has 8 nitrogen and oxygen atoms in total. The maximum absolute atomic E-state index is 14.5. The fourth-order valence-corrected chi connectivity index (χ4v) is 6.49. The molecule has 0 spiro atoms. The number of sulfonamides is 1. The van der Waals surface area contributed by atoms with E-state index in [4.69, 9.17) is 16.3 Å². The fraction of sp³-hybridized carbons (Fsp3) is 0.257. The van der Waals surface area contributed by atoms with Gasteiger partial charge in [0, 0.05) is 24.5 Å². The van der Waals surface area contributed by atoms with E-state index in [-0.39, 0.29) is 29.5 Å². The van der Waals surface area contributed by atoms with Crippen molar-refractivity contribution in [2.75, 3.05) is 24.5 Å². The zero-order valence-electron chi connectivity index (χ0n) is 25.6. The Balaban J connectivity index is 1.80. The molecule has 0 aliphatic heterocycles. The second kappa shape index (κ2) is 15.6. The van der Waals surface area contributed by atoms with Gasteiger partial charge < -0.3 is 15.0 Å². The quantitative estimate of drug-likeness (QED) is 0.181. The minimum absolute atomic E-state index is 0.0392. The van der Waals surface area contributed by atoms with Crippen LogP contribution in [0.5, 0.6) is 5.75 Å². The Kier molecular flexibility index (Phi) is 11.6. The number of carbonyl (C=O) groups excluding carboxylic acids is 2. The number of anilines is 1. The van der Waals surface area contributed by atoms with Gasteiger partial charge in [-0.25, -0.2) is 8.42 Å². The van der Waals surface area contributed by atoms with Gasteiger partial charge in [0.1, 0.15) is 18.3 Å². The number of benzene rings is 4. The van der Waals surface area contributed by atoms with Gasteiger partial charge in [-0.15, -0.1) is 0 Å². The van der Waals surface area contributed by atoms with Gasteiger partial charge >= 0.3 is 0 Å². The van der Waals surface area contributed by atoms with Crippen molar-refractivity contribution in [3.63, 3.8) is 0 Å². The summed E-state index contributed by atoms with van der Waals surface area (Å²) in [6.07, 6.45) is 0.946. The number of hydrogen-bond donors (Lipinski definition) is 1. The highest BCUT2D eigenvalue weighted by Crippen LogP contribution is 2.27. The van der Waals surface area contributed by atoms with E-state index in [1.54, 1.807) is 54.6 Å². The topological polar surface area (TPSA) is 96.0 Å². The number of hydrogen-bond acceptors (Lipinski definition) is 5. The molecule has 10 heteroatoms. The van der Waals surface area contributed by atoms with Crippen LogP contribution in [0.2, 0.25) is 5.02 Å². The number of amides is 2. The van der Waals surface area contributed by atoms with Gasteiger partial charge in [-0.2, -0.15) is 0 Å². The van der Waals surface area contributed by atoms with Gasteiger partial charge in [0.05, 0.1) is 17.7 Å². The number of ether oxygens (including phenoxy) is 1. The summed E-state index contributed by atoms with van der Waals surface area (Å²) >= 11 is 6.30. The van der Waals surface area contributed by atoms with Crippen LogP contribution >= 0.6 is 11.6 Å². The van der Waals surface area contributed by atoms with E-state index in [9.17, 15) is 18.0 Å². The predicted octanol–water partition coefficient (Wildman–Crippen LogP) is 6.02. The number of methoxy groups -OCH3 is 1. The molecular weight excluding hydrogens is 610 g/mol. The van der Waals surface area contributed by atoms with Gasteiger partial charge in [0.25, 0.3) is 10.0 Å². The zero-order valence-corrected chi connectivity index (χ0v) is 27.2. The number of rotatable bonds is 14. The molecule has 236 valence electrons. The molecule has 0 aliphatic carbocycles. The summed E-state index contributed by atoms with van der Waals surface area (Å²) in [6.45, 7) is 3.74. The second-order valence-corrected chi connectivity index (χ2v) is 13.0. The number of halogens is 1. The van der Waals surface area contributed by atoms with Crippen LogP contribution in [0.4, 0.5) is 5.69 Å². The molecule has 0 aliphatic rings. The highest BCUT2D eigenvalue weighted by Gasteiger charge is 2.34. The van der Waals surface area contributed by atoms with E-state index in [1.165, 1.54) is 24.1 Å². The van der Waals surface area contributed by atoms with E-state index >= 15 is 0 Å². The third kappa shape index (κ3) is 8.86. The molecule has 0 heterocycles. The van der Waals surface area contributed by atoms with Crippen LogP contribution in [0.15, 0.2) is 108 Å². The second-order valence-electron chi connectivity index (χ2n) is 10.7. The summed E-state index contributed by atoms with van der Waals surface area (Å²) in [7, 11) is -2.68. The first-order chi connectivity index (χ1) is 21.6. The molecule has 4 aromatic carbocycles. The number of nitrogens with zero attached hydrogens (tertiary/aromatic N) is 2. The third-order valence-electron chi connectivity index (χ3n) is 7.31. The molecule has 0 bridgehead atoms. The monoisotopic (exact) mass is 647 g/mol. The Morgan fingerprint density at radius 2 is 1.56 bits per heavy atom. The van der Waals surface area contributed by atoms with E-state index in [1.807, 2.05) is 50.2 Å². The third-order valence-corrected chi connectivity index (χ3v) is 9.33. The minimum Gasteiger partial charge on any atom is -0.497 e. The molecule has 0 saturated carbocycles. The maximum atomic E-state index is 14.5. The highest BCUT2D eigenvalue weighted by atomic mass is 35.5. The van der Waals surface area contributed by atoms with E-state index in [0.29, 0.717) is 29.3 Å². The van der Waals surface area contributed by atoms with Crippen molar-refractivity contribution in [2.45, 2.75) is 44.2 Å². The highest BCUT2D eigenvalue weighted by molar-refractivity contribution is 7.92. The molecule has 2 amide bonds. The Morgan fingerprint density at radius 1 is 0.889 bits per heavy atom. The molecule has 0 fully saturated rings. The molecule has 1 N–H and O–H groups in total. The van der Waals surface area contributed by atoms with Crippen molar-refractivity contribution >= 4 is 39.1 Å². The van der Waals surface area contributed by atoms with Gasteiger partial charge in [-0.3, -0.25) is 13.9 Å². The molecule has 1 atom stereocenters. The van der Waals surface area contributed by atoms with Gasteiger partial charge in [-0.1, -0.05) is 78.7 Å². The number of aryl methyl sites for hydroxylation is 1. The standard InChI is InChI=1S/C35H38ClN3O5S/c1-4-21-37-35(41)33(23-27-9-6-5-7-10-27)38(24-28-11-8-12-29(36)22-28)34(40)25-39(30-15-17-31(44-3)18-16-30)45(42,43)32-19-13-26(2)14-20-32/h5-20,22,33H,4,21,23-25H2,1-3H3,(H,37,41)/t33-/m0/s1. The lowest BCUT2D eigenvalue weighted by Crippen LogP contribution is -2.53. The van der Waals surface area contributed by atoms with Crippen molar-refractivity contribution in [3.05, 3.63) is 125 Å². The Hall–Kier alpha value is -4.34. The van der Waals surface area contributed by atoms with Gasteiger partial charge in [-0.05, 0) is 73.0 Å². The molecular formula is C35H38ClN3O5S. The summed E-state index contributed by atoms with van der Waals surface area (Å²) in [4.78, 5) is 29.7. The van der Waals surface area contributed by atoms with Crippen molar-refractivity contribution in [1.82, 2.24) is 10.2 Å². The molecule has 0 unspecified atom stereocenters. The molecule has 0 aromatic heterocycles. The summed E-state index contributed by atoms with van der Waals surface area (Å²) < 4.78 is 34.6. The summed E-state index contributed by atoms with van der Waals surface area (Å²) in [6, 6.07) is 28.5. The van der Waals surface area contributed by atoms with Crippen LogP contribution in [0, 0.1) is 6.92 Å². The van der Waals surface area contributed by atoms with Crippen LogP contribution in [0.25, 0.3) is 0 Å². The number of carbonyl (C=O) groups is 2. The van der Waals surface area contributed by atoms with Gasteiger partial charge in [0.15, 0.2) is 0 Å². The first-order valence-corrected chi connectivity index (χ1v) is 16.5. The van der Waals surface area contributed by atoms with Crippen LogP contribution in [0.1, 0.15) is 30.0 Å². The van der Waals surface area contributed by atoms with Crippen molar-refractivity contribution in [1.29, 1.82) is 0 Å². The van der Waals surface area contributed by atoms with Crippen molar-refractivity contribution in [3.8, 4) is 5.75 Å². The molecule has 45 heavy (non-hydrogen) atoms. The van der Waals surface area contributed by atoms with Crippen LogP contribution < -0.4 is 14.4 Å². The lowest BCUT2D eigenvalue weighted by Gasteiger charge is -2.34. The normalized spacial score (nSPS) is 11.8.